The number of carbonyl (C=O) groups is 1. The van der Waals surface area contributed by atoms with Crippen LogP contribution in [0.1, 0.15) is 44.5 Å². The number of rotatable bonds is 5. The molecule has 1 N–H and O–H groups in total. The van der Waals surface area contributed by atoms with E-state index in [2.05, 4.69) is 34.3 Å². The average Bonchev–Trinajstić information content (AvgIpc) is 2.94. The molecule has 110 valence electrons. The zero-order valence-electron chi connectivity index (χ0n) is 12.3. The normalized spacial score (nSPS) is 21.8. The van der Waals surface area contributed by atoms with E-state index in [1.54, 1.807) is 0 Å². The molecule has 6 nitrogen and oxygen atoms in total. The quantitative estimate of drug-likeness (QED) is 0.827. The van der Waals surface area contributed by atoms with Gasteiger partial charge >= 0.3 is 5.97 Å². The highest BCUT2D eigenvalue weighted by atomic mass is 16.5. The SMILES string of the molecule is CCc1nnc(N[C@@H]2CC[C@H](C(=O)OC)C2)nc1CC. The van der Waals surface area contributed by atoms with E-state index in [1.807, 2.05) is 0 Å². The van der Waals surface area contributed by atoms with Crippen molar-refractivity contribution in [2.45, 2.75) is 52.0 Å². The van der Waals surface area contributed by atoms with Crippen LogP contribution in [0.15, 0.2) is 0 Å². The summed E-state index contributed by atoms with van der Waals surface area (Å²) < 4.78 is 4.79. The van der Waals surface area contributed by atoms with Crippen LogP contribution in [-0.2, 0) is 22.4 Å². The third-order valence-electron chi connectivity index (χ3n) is 3.81. The molecule has 0 bridgehead atoms. The Hall–Kier alpha value is -1.72. The molecule has 2 rings (SSSR count). The standard InChI is InChI=1S/C14H22N4O2/c1-4-11-12(5-2)17-18-14(16-11)15-10-7-6-9(8-10)13(19)20-3/h9-10H,4-8H2,1-3H3,(H,15,16,18)/t9-,10+/m0/s1. The summed E-state index contributed by atoms with van der Waals surface area (Å²) in [5.41, 5.74) is 1.95. The van der Waals surface area contributed by atoms with Crippen molar-refractivity contribution in [3.05, 3.63) is 11.4 Å². The van der Waals surface area contributed by atoms with Gasteiger partial charge in [-0.15, -0.1) is 5.10 Å². The van der Waals surface area contributed by atoms with Crippen molar-refractivity contribution < 1.29 is 9.53 Å². The Balaban J connectivity index is 1.99. The number of esters is 1. The number of nitrogens with zero attached hydrogens (tertiary/aromatic N) is 3. The maximum absolute atomic E-state index is 11.5. The molecule has 6 heteroatoms. The van der Waals surface area contributed by atoms with Gasteiger partial charge in [0.1, 0.15) is 0 Å². The number of aromatic nitrogens is 3. The van der Waals surface area contributed by atoms with Gasteiger partial charge in [0.2, 0.25) is 5.95 Å². The van der Waals surface area contributed by atoms with E-state index in [1.165, 1.54) is 7.11 Å². The van der Waals surface area contributed by atoms with Crippen LogP contribution in [0.2, 0.25) is 0 Å². The molecule has 0 spiro atoms. The molecule has 1 aliphatic carbocycles. The van der Waals surface area contributed by atoms with Gasteiger partial charge in [-0.3, -0.25) is 4.79 Å². The van der Waals surface area contributed by atoms with E-state index in [9.17, 15) is 4.79 Å². The number of hydrogen-bond acceptors (Lipinski definition) is 6. The Morgan fingerprint density at radius 1 is 1.25 bits per heavy atom. The molecule has 0 aromatic carbocycles. The molecule has 0 saturated heterocycles. The summed E-state index contributed by atoms with van der Waals surface area (Å²) in [4.78, 5) is 16.0. The third kappa shape index (κ3) is 3.23. The molecule has 1 heterocycles. The Morgan fingerprint density at radius 3 is 2.65 bits per heavy atom. The summed E-state index contributed by atoms with van der Waals surface area (Å²) in [6.07, 6.45) is 4.25. The van der Waals surface area contributed by atoms with Crippen molar-refractivity contribution in [2.75, 3.05) is 12.4 Å². The maximum Gasteiger partial charge on any atom is 0.308 e. The minimum atomic E-state index is -0.121. The lowest BCUT2D eigenvalue weighted by Gasteiger charge is -2.13. The molecule has 0 amide bonds. The van der Waals surface area contributed by atoms with Crippen LogP contribution in [0, 0.1) is 5.92 Å². The maximum atomic E-state index is 11.5. The summed E-state index contributed by atoms with van der Waals surface area (Å²) in [7, 11) is 1.44. The molecule has 0 unspecified atom stereocenters. The smallest absolute Gasteiger partial charge is 0.308 e. The molecule has 2 atom stereocenters. The highest BCUT2D eigenvalue weighted by molar-refractivity contribution is 5.72. The van der Waals surface area contributed by atoms with Crippen LogP contribution in [0.4, 0.5) is 5.95 Å². The number of carbonyl (C=O) groups excluding carboxylic acids is 1. The Morgan fingerprint density at radius 2 is 2.00 bits per heavy atom. The number of hydrogen-bond donors (Lipinski definition) is 1. The molecular formula is C14H22N4O2. The lowest BCUT2D eigenvalue weighted by molar-refractivity contribution is -0.145. The minimum Gasteiger partial charge on any atom is -0.469 e. The van der Waals surface area contributed by atoms with Crippen molar-refractivity contribution in [3.63, 3.8) is 0 Å². The second-order valence-corrected chi connectivity index (χ2v) is 5.11. The van der Waals surface area contributed by atoms with Crippen LogP contribution in [-0.4, -0.2) is 34.3 Å². The second kappa shape index (κ2) is 6.63. The summed E-state index contributed by atoms with van der Waals surface area (Å²) in [6, 6.07) is 0.220. The minimum absolute atomic E-state index is 0.00832. The Kier molecular flexibility index (Phi) is 4.87. The summed E-state index contributed by atoms with van der Waals surface area (Å²) in [5, 5.41) is 11.6. The summed E-state index contributed by atoms with van der Waals surface area (Å²) in [6.45, 7) is 4.12. The van der Waals surface area contributed by atoms with E-state index < -0.39 is 0 Å². The van der Waals surface area contributed by atoms with Crippen LogP contribution < -0.4 is 5.32 Å². The van der Waals surface area contributed by atoms with Gasteiger partial charge in [-0.05, 0) is 32.1 Å². The molecule has 1 aliphatic rings. The van der Waals surface area contributed by atoms with Gasteiger partial charge in [0.15, 0.2) is 0 Å². The number of anilines is 1. The van der Waals surface area contributed by atoms with E-state index in [0.29, 0.717) is 5.95 Å². The van der Waals surface area contributed by atoms with Crippen LogP contribution in [0.5, 0.6) is 0 Å². The predicted molar refractivity (Wildman–Crippen MR) is 75.4 cm³/mol. The monoisotopic (exact) mass is 278 g/mol. The van der Waals surface area contributed by atoms with Crippen molar-refractivity contribution in [2.24, 2.45) is 5.92 Å². The zero-order chi connectivity index (χ0) is 14.5. The molecule has 1 fully saturated rings. The highest BCUT2D eigenvalue weighted by Gasteiger charge is 2.31. The van der Waals surface area contributed by atoms with Crippen molar-refractivity contribution in [1.29, 1.82) is 0 Å². The predicted octanol–water partition coefficient (Wildman–Crippen LogP) is 1.75. The topological polar surface area (TPSA) is 77.0 Å². The highest BCUT2D eigenvalue weighted by Crippen LogP contribution is 2.28. The summed E-state index contributed by atoms with van der Waals surface area (Å²) >= 11 is 0. The lowest BCUT2D eigenvalue weighted by atomic mass is 10.1. The first kappa shape index (κ1) is 14.7. The van der Waals surface area contributed by atoms with E-state index in [0.717, 1.165) is 43.5 Å². The van der Waals surface area contributed by atoms with Gasteiger partial charge in [0, 0.05) is 6.04 Å². The van der Waals surface area contributed by atoms with Gasteiger partial charge in [-0.25, -0.2) is 4.98 Å². The Bertz CT molecular complexity index is 478. The number of aryl methyl sites for hydroxylation is 2. The first-order valence-electron chi connectivity index (χ1n) is 7.24. The molecule has 1 saturated carbocycles. The van der Waals surface area contributed by atoms with Crippen LogP contribution in [0.25, 0.3) is 0 Å². The average molecular weight is 278 g/mol. The fourth-order valence-corrected chi connectivity index (χ4v) is 2.68. The Labute approximate surface area is 119 Å². The van der Waals surface area contributed by atoms with E-state index in [-0.39, 0.29) is 17.9 Å². The van der Waals surface area contributed by atoms with Gasteiger partial charge in [0.05, 0.1) is 24.4 Å². The number of nitrogens with one attached hydrogen (secondary N) is 1. The fourth-order valence-electron chi connectivity index (χ4n) is 2.68. The first-order valence-corrected chi connectivity index (χ1v) is 7.24. The molecule has 0 aliphatic heterocycles. The van der Waals surface area contributed by atoms with E-state index in [4.69, 9.17) is 4.74 Å². The van der Waals surface area contributed by atoms with Crippen molar-refractivity contribution in [1.82, 2.24) is 15.2 Å². The van der Waals surface area contributed by atoms with E-state index >= 15 is 0 Å². The number of methoxy groups -OCH3 is 1. The van der Waals surface area contributed by atoms with Gasteiger partial charge in [-0.2, -0.15) is 5.10 Å². The zero-order valence-corrected chi connectivity index (χ0v) is 12.3. The largest absolute Gasteiger partial charge is 0.469 e. The van der Waals surface area contributed by atoms with Gasteiger partial charge < -0.3 is 10.1 Å². The molecule has 1 aromatic rings. The van der Waals surface area contributed by atoms with Crippen LogP contribution in [0.3, 0.4) is 0 Å². The fraction of sp³-hybridized carbons (Fsp3) is 0.714. The lowest BCUT2D eigenvalue weighted by Crippen LogP contribution is -2.21. The molecular weight excluding hydrogens is 256 g/mol. The van der Waals surface area contributed by atoms with Crippen molar-refractivity contribution >= 4 is 11.9 Å². The molecule has 20 heavy (non-hydrogen) atoms. The third-order valence-corrected chi connectivity index (χ3v) is 3.81. The van der Waals surface area contributed by atoms with Gasteiger partial charge in [0.25, 0.3) is 0 Å². The van der Waals surface area contributed by atoms with Crippen molar-refractivity contribution in [3.8, 4) is 0 Å². The first-order chi connectivity index (χ1) is 9.67. The second-order valence-electron chi connectivity index (χ2n) is 5.11. The molecule has 1 aromatic heterocycles. The number of ether oxygens (including phenoxy) is 1. The molecule has 0 radical (unpaired) electrons. The van der Waals surface area contributed by atoms with Gasteiger partial charge in [-0.1, -0.05) is 13.8 Å². The van der Waals surface area contributed by atoms with Crippen LogP contribution >= 0.6 is 0 Å². The summed E-state index contributed by atoms with van der Waals surface area (Å²) in [5.74, 6) is 0.435.